The molecule has 1 aromatic carbocycles. The molecule has 2 rings (SSSR count). The number of halogens is 2. The molecule has 2 amide bonds. The quantitative estimate of drug-likeness (QED) is 0.691. The molecule has 1 saturated heterocycles. The Morgan fingerprint density at radius 3 is 2.83 bits per heavy atom. The van der Waals surface area contributed by atoms with Gasteiger partial charge in [-0.25, -0.2) is 8.78 Å². The Morgan fingerprint density at radius 1 is 1.30 bits per heavy atom. The van der Waals surface area contributed by atoms with Crippen molar-refractivity contribution in [2.75, 3.05) is 19.6 Å². The highest BCUT2D eigenvalue weighted by molar-refractivity contribution is 5.94. The highest BCUT2D eigenvalue weighted by atomic mass is 19.1. The van der Waals surface area contributed by atoms with Crippen molar-refractivity contribution in [3.8, 4) is 0 Å². The number of hydrogen-bond donors (Lipinski definition) is 3. The van der Waals surface area contributed by atoms with Crippen molar-refractivity contribution >= 4 is 11.8 Å². The third kappa shape index (κ3) is 5.59. The Hall–Kier alpha value is -2.02. The van der Waals surface area contributed by atoms with E-state index in [-0.39, 0.29) is 24.1 Å². The third-order valence-corrected chi connectivity index (χ3v) is 3.70. The van der Waals surface area contributed by atoms with Gasteiger partial charge in [0.25, 0.3) is 5.91 Å². The van der Waals surface area contributed by atoms with Crippen LogP contribution in [0.15, 0.2) is 18.2 Å². The number of amides is 2. The van der Waals surface area contributed by atoms with Crippen molar-refractivity contribution < 1.29 is 18.4 Å². The fraction of sp³-hybridized carbons (Fsp3) is 0.500. The van der Waals surface area contributed by atoms with Gasteiger partial charge in [-0.1, -0.05) is 0 Å². The summed E-state index contributed by atoms with van der Waals surface area (Å²) in [5.41, 5.74) is -0.205. The van der Waals surface area contributed by atoms with Gasteiger partial charge >= 0.3 is 0 Å². The van der Waals surface area contributed by atoms with Crippen LogP contribution in [0.3, 0.4) is 0 Å². The molecule has 1 atom stereocenters. The van der Waals surface area contributed by atoms with Gasteiger partial charge in [0, 0.05) is 31.6 Å². The molecule has 1 aliphatic heterocycles. The standard InChI is InChI=1S/C16H21F2N3O2/c17-11-5-6-13(14(18)9-11)16(23)20-8-2-4-15(22)21-12-3-1-7-19-10-12/h5-6,9,12,19H,1-4,7-8,10H2,(H,20,23)(H,21,22). The van der Waals surface area contributed by atoms with E-state index in [0.717, 1.165) is 38.1 Å². The van der Waals surface area contributed by atoms with E-state index >= 15 is 0 Å². The fourth-order valence-electron chi connectivity index (χ4n) is 2.49. The van der Waals surface area contributed by atoms with Crippen LogP contribution in [0.5, 0.6) is 0 Å². The van der Waals surface area contributed by atoms with E-state index in [0.29, 0.717) is 18.9 Å². The third-order valence-electron chi connectivity index (χ3n) is 3.70. The molecule has 1 heterocycles. The van der Waals surface area contributed by atoms with Crippen molar-refractivity contribution in [2.45, 2.75) is 31.7 Å². The zero-order chi connectivity index (χ0) is 16.7. The monoisotopic (exact) mass is 325 g/mol. The minimum absolute atomic E-state index is 0.0547. The molecule has 5 nitrogen and oxygen atoms in total. The zero-order valence-electron chi connectivity index (χ0n) is 12.8. The van der Waals surface area contributed by atoms with Gasteiger partial charge in [0.15, 0.2) is 0 Å². The SMILES string of the molecule is O=C(CCCNC(=O)c1ccc(F)cc1F)NC1CCCNC1. The normalized spacial score (nSPS) is 17.6. The first-order valence-corrected chi connectivity index (χ1v) is 7.79. The van der Waals surface area contributed by atoms with Crippen LogP contribution in [0.4, 0.5) is 8.78 Å². The van der Waals surface area contributed by atoms with Crippen LogP contribution in [0, 0.1) is 11.6 Å². The molecule has 1 aliphatic rings. The maximum atomic E-state index is 13.4. The summed E-state index contributed by atoms with van der Waals surface area (Å²) >= 11 is 0. The topological polar surface area (TPSA) is 70.2 Å². The lowest BCUT2D eigenvalue weighted by molar-refractivity contribution is -0.122. The molecular formula is C16H21F2N3O2. The first kappa shape index (κ1) is 17.3. The van der Waals surface area contributed by atoms with Gasteiger partial charge in [-0.3, -0.25) is 9.59 Å². The Labute approximate surface area is 133 Å². The fourth-order valence-corrected chi connectivity index (χ4v) is 2.49. The summed E-state index contributed by atoms with van der Waals surface area (Å²) < 4.78 is 26.2. The zero-order valence-corrected chi connectivity index (χ0v) is 12.8. The van der Waals surface area contributed by atoms with Crippen molar-refractivity contribution in [3.63, 3.8) is 0 Å². The van der Waals surface area contributed by atoms with Crippen molar-refractivity contribution in [1.29, 1.82) is 0 Å². The summed E-state index contributed by atoms with van der Waals surface area (Å²) in [6.07, 6.45) is 2.77. The second kappa shape index (κ2) is 8.57. The molecule has 3 N–H and O–H groups in total. The van der Waals surface area contributed by atoms with E-state index in [1.807, 2.05) is 0 Å². The average molecular weight is 325 g/mol. The molecule has 126 valence electrons. The van der Waals surface area contributed by atoms with Gasteiger partial charge < -0.3 is 16.0 Å². The van der Waals surface area contributed by atoms with Crippen LogP contribution in [0.25, 0.3) is 0 Å². The molecule has 0 aromatic heterocycles. The van der Waals surface area contributed by atoms with Crippen molar-refractivity contribution in [2.24, 2.45) is 0 Å². The Morgan fingerprint density at radius 2 is 2.13 bits per heavy atom. The highest BCUT2D eigenvalue weighted by Crippen LogP contribution is 2.09. The largest absolute Gasteiger partial charge is 0.352 e. The van der Waals surface area contributed by atoms with E-state index in [2.05, 4.69) is 16.0 Å². The van der Waals surface area contributed by atoms with Crippen LogP contribution in [0.2, 0.25) is 0 Å². The highest BCUT2D eigenvalue weighted by Gasteiger charge is 2.15. The number of hydrogen-bond acceptors (Lipinski definition) is 3. The Balaban J connectivity index is 1.66. The average Bonchev–Trinajstić information content (AvgIpc) is 2.52. The predicted molar refractivity (Wildman–Crippen MR) is 82.0 cm³/mol. The second-order valence-electron chi connectivity index (χ2n) is 5.59. The summed E-state index contributed by atoms with van der Waals surface area (Å²) in [5.74, 6) is -2.29. The number of piperidine rings is 1. The maximum absolute atomic E-state index is 13.4. The summed E-state index contributed by atoms with van der Waals surface area (Å²) in [6.45, 7) is 2.02. The first-order valence-electron chi connectivity index (χ1n) is 7.79. The second-order valence-corrected chi connectivity index (χ2v) is 5.59. The summed E-state index contributed by atoms with van der Waals surface area (Å²) in [7, 11) is 0. The first-order chi connectivity index (χ1) is 11.1. The van der Waals surface area contributed by atoms with Gasteiger partial charge in [0.2, 0.25) is 5.91 Å². The van der Waals surface area contributed by atoms with Crippen LogP contribution >= 0.6 is 0 Å². The molecule has 0 bridgehead atoms. The lowest BCUT2D eigenvalue weighted by Gasteiger charge is -2.23. The van der Waals surface area contributed by atoms with E-state index in [4.69, 9.17) is 0 Å². The molecule has 0 saturated carbocycles. The molecule has 1 unspecified atom stereocenters. The lowest BCUT2D eigenvalue weighted by atomic mass is 10.1. The van der Waals surface area contributed by atoms with E-state index < -0.39 is 17.5 Å². The summed E-state index contributed by atoms with van der Waals surface area (Å²) in [5, 5.41) is 8.68. The van der Waals surface area contributed by atoms with E-state index in [9.17, 15) is 18.4 Å². The summed E-state index contributed by atoms with van der Waals surface area (Å²) in [4.78, 5) is 23.5. The smallest absolute Gasteiger partial charge is 0.254 e. The number of carbonyl (C=O) groups is 2. The van der Waals surface area contributed by atoms with Crippen LogP contribution < -0.4 is 16.0 Å². The predicted octanol–water partition coefficient (Wildman–Crippen LogP) is 1.34. The summed E-state index contributed by atoms with van der Waals surface area (Å²) in [6, 6.07) is 2.96. The van der Waals surface area contributed by atoms with Crippen LogP contribution in [-0.4, -0.2) is 37.5 Å². The number of nitrogens with one attached hydrogen (secondary N) is 3. The van der Waals surface area contributed by atoms with Gasteiger partial charge in [0.1, 0.15) is 11.6 Å². The molecular weight excluding hydrogens is 304 g/mol. The molecule has 7 heteroatoms. The minimum atomic E-state index is -0.898. The molecule has 0 aliphatic carbocycles. The molecule has 23 heavy (non-hydrogen) atoms. The molecule has 1 aromatic rings. The van der Waals surface area contributed by atoms with Gasteiger partial charge in [-0.15, -0.1) is 0 Å². The van der Waals surface area contributed by atoms with Gasteiger partial charge in [-0.2, -0.15) is 0 Å². The lowest BCUT2D eigenvalue weighted by Crippen LogP contribution is -2.45. The Kier molecular flexibility index (Phi) is 6.46. The van der Waals surface area contributed by atoms with Crippen LogP contribution in [0.1, 0.15) is 36.0 Å². The van der Waals surface area contributed by atoms with E-state index in [1.54, 1.807) is 0 Å². The van der Waals surface area contributed by atoms with Crippen LogP contribution in [-0.2, 0) is 4.79 Å². The molecule has 0 spiro atoms. The maximum Gasteiger partial charge on any atom is 0.254 e. The van der Waals surface area contributed by atoms with Gasteiger partial charge in [0.05, 0.1) is 5.56 Å². The van der Waals surface area contributed by atoms with Crippen molar-refractivity contribution in [3.05, 3.63) is 35.4 Å². The number of carbonyl (C=O) groups excluding carboxylic acids is 2. The van der Waals surface area contributed by atoms with Gasteiger partial charge in [-0.05, 0) is 37.9 Å². The minimum Gasteiger partial charge on any atom is -0.352 e. The molecule has 1 fully saturated rings. The van der Waals surface area contributed by atoms with Crippen molar-refractivity contribution in [1.82, 2.24) is 16.0 Å². The van der Waals surface area contributed by atoms with E-state index in [1.165, 1.54) is 0 Å². The number of benzene rings is 1. The number of rotatable bonds is 6. The Bertz CT molecular complexity index is 560. The molecule has 0 radical (unpaired) electrons.